The van der Waals surface area contributed by atoms with E-state index in [1.807, 2.05) is 0 Å². The Kier molecular flexibility index (Phi) is 5.75. The van der Waals surface area contributed by atoms with Crippen molar-refractivity contribution in [2.24, 2.45) is 5.92 Å². The van der Waals surface area contributed by atoms with Gasteiger partial charge in [-0.05, 0) is 31.8 Å². The molecule has 2 atom stereocenters. The zero-order chi connectivity index (χ0) is 11.1. The maximum atomic E-state index is 5.28. The molecule has 0 bridgehead atoms. The van der Waals surface area contributed by atoms with Gasteiger partial charge in [-0.25, -0.2) is 0 Å². The van der Waals surface area contributed by atoms with E-state index in [-0.39, 0.29) is 0 Å². The van der Waals surface area contributed by atoms with Crippen LogP contribution < -0.4 is 5.32 Å². The van der Waals surface area contributed by atoms with E-state index in [4.69, 9.17) is 6.42 Å². The van der Waals surface area contributed by atoms with Crippen LogP contribution in [0.3, 0.4) is 0 Å². The van der Waals surface area contributed by atoms with Gasteiger partial charge in [-0.1, -0.05) is 13.8 Å². The summed E-state index contributed by atoms with van der Waals surface area (Å²) >= 11 is 0. The van der Waals surface area contributed by atoms with Gasteiger partial charge in [-0.15, -0.1) is 12.3 Å². The van der Waals surface area contributed by atoms with Crippen LogP contribution in [0.4, 0.5) is 0 Å². The predicted octanol–water partition coefficient (Wildman–Crippen LogP) is 1.72. The molecule has 0 amide bonds. The highest BCUT2D eigenvalue weighted by molar-refractivity contribution is 4.88. The number of likely N-dealkylation sites (tertiary alicyclic amines) is 1. The van der Waals surface area contributed by atoms with Gasteiger partial charge >= 0.3 is 0 Å². The Morgan fingerprint density at radius 1 is 1.53 bits per heavy atom. The summed E-state index contributed by atoms with van der Waals surface area (Å²) in [6, 6.07) is 0.715. The van der Waals surface area contributed by atoms with Crippen molar-refractivity contribution in [3.63, 3.8) is 0 Å². The van der Waals surface area contributed by atoms with Crippen molar-refractivity contribution in [3.8, 4) is 12.3 Å². The minimum absolute atomic E-state index is 0.715. The van der Waals surface area contributed by atoms with Crippen LogP contribution in [-0.2, 0) is 0 Å². The summed E-state index contributed by atoms with van der Waals surface area (Å²) < 4.78 is 0. The maximum Gasteiger partial charge on any atom is 0.0214 e. The molecule has 1 fully saturated rings. The average Bonchev–Trinajstić information content (AvgIpc) is 2.25. The molecule has 1 N–H and O–H groups in total. The number of hydrogen-bond acceptors (Lipinski definition) is 2. The van der Waals surface area contributed by atoms with Crippen molar-refractivity contribution < 1.29 is 0 Å². The van der Waals surface area contributed by atoms with Crippen LogP contribution in [0.2, 0.25) is 0 Å². The third kappa shape index (κ3) is 4.24. The van der Waals surface area contributed by atoms with E-state index in [1.54, 1.807) is 0 Å². The van der Waals surface area contributed by atoms with Crippen LogP contribution >= 0.6 is 0 Å². The third-order valence-corrected chi connectivity index (χ3v) is 3.22. The predicted molar refractivity (Wildman–Crippen MR) is 65.8 cm³/mol. The number of piperidine rings is 1. The first-order valence-electron chi connectivity index (χ1n) is 6.17. The van der Waals surface area contributed by atoms with E-state index in [1.165, 1.54) is 25.9 Å². The van der Waals surface area contributed by atoms with Crippen LogP contribution in [-0.4, -0.2) is 37.1 Å². The summed E-state index contributed by atoms with van der Waals surface area (Å²) in [5.41, 5.74) is 0. The van der Waals surface area contributed by atoms with Gasteiger partial charge in [0.1, 0.15) is 0 Å². The highest BCUT2D eigenvalue weighted by Gasteiger charge is 2.24. The Bertz CT molecular complexity index is 207. The second-order valence-electron chi connectivity index (χ2n) is 4.58. The maximum absolute atomic E-state index is 5.28. The SMILES string of the molecule is C#CCCN1CCC(NCCC)C(C)C1. The van der Waals surface area contributed by atoms with E-state index in [9.17, 15) is 0 Å². The summed E-state index contributed by atoms with van der Waals surface area (Å²) in [6.45, 7) is 9.19. The van der Waals surface area contributed by atoms with E-state index in [2.05, 4.69) is 30.0 Å². The molecule has 0 aliphatic carbocycles. The smallest absolute Gasteiger partial charge is 0.0214 e. The van der Waals surface area contributed by atoms with Crippen molar-refractivity contribution in [1.82, 2.24) is 10.2 Å². The fourth-order valence-corrected chi connectivity index (χ4v) is 2.29. The molecule has 0 saturated carbocycles. The Labute approximate surface area is 94.4 Å². The Morgan fingerprint density at radius 2 is 2.33 bits per heavy atom. The van der Waals surface area contributed by atoms with Crippen LogP contribution in [0.25, 0.3) is 0 Å². The number of rotatable bonds is 5. The fourth-order valence-electron chi connectivity index (χ4n) is 2.29. The largest absolute Gasteiger partial charge is 0.314 e. The zero-order valence-corrected chi connectivity index (χ0v) is 10.1. The van der Waals surface area contributed by atoms with Gasteiger partial charge in [-0.2, -0.15) is 0 Å². The third-order valence-electron chi connectivity index (χ3n) is 3.22. The average molecular weight is 208 g/mol. The van der Waals surface area contributed by atoms with Gasteiger partial charge in [0.25, 0.3) is 0 Å². The first kappa shape index (κ1) is 12.5. The Balaban J connectivity index is 2.25. The molecular formula is C13H24N2. The van der Waals surface area contributed by atoms with Gasteiger partial charge in [-0.3, -0.25) is 0 Å². The lowest BCUT2D eigenvalue weighted by molar-refractivity contribution is 0.150. The van der Waals surface area contributed by atoms with E-state index in [0.29, 0.717) is 6.04 Å². The van der Waals surface area contributed by atoms with Gasteiger partial charge < -0.3 is 10.2 Å². The van der Waals surface area contributed by atoms with Crippen LogP contribution in [0.5, 0.6) is 0 Å². The summed E-state index contributed by atoms with van der Waals surface area (Å²) in [5, 5.41) is 3.63. The fraction of sp³-hybridized carbons (Fsp3) is 0.846. The van der Waals surface area contributed by atoms with E-state index < -0.39 is 0 Å². The highest BCUT2D eigenvalue weighted by atomic mass is 15.1. The first-order chi connectivity index (χ1) is 7.27. The van der Waals surface area contributed by atoms with E-state index in [0.717, 1.165) is 25.4 Å². The topological polar surface area (TPSA) is 15.3 Å². The molecule has 0 aromatic rings. The van der Waals surface area contributed by atoms with Crippen LogP contribution in [0.15, 0.2) is 0 Å². The zero-order valence-electron chi connectivity index (χ0n) is 10.1. The molecule has 2 nitrogen and oxygen atoms in total. The lowest BCUT2D eigenvalue weighted by atomic mass is 9.93. The van der Waals surface area contributed by atoms with E-state index >= 15 is 0 Å². The van der Waals surface area contributed by atoms with Crippen molar-refractivity contribution in [2.45, 2.75) is 39.2 Å². The van der Waals surface area contributed by atoms with Crippen LogP contribution in [0.1, 0.15) is 33.1 Å². The monoisotopic (exact) mass is 208 g/mol. The van der Waals surface area contributed by atoms with Crippen molar-refractivity contribution in [2.75, 3.05) is 26.2 Å². The quantitative estimate of drug-likeness (QED) is 0.692. The molecular weight excluding hydrogens is 184 g/mol. The molecule has 86 valence electrons. The number of nitrogens with zero attached hydrogens (tertiary/aromatic N) is 1. The minimum atomic E-state index is 0.715. The second-order valence-corrected chi connectivity index (χ2v) is 4.58. The summed E-state index contributed by atoms with van der Waals surface area (Å²) in [7, 11) is 0. The van der Waals surface area contributed by atoms with Crippen molar-refractivity contribution >= 4 is 0 Å². The standard InChI is InChI=1S/C13H24N2/c1-4-6-9-15-10-7-13(12(3)11-15)14-8-5-2/h1,12-14H,5-11H2,2-3H3. The lowest BCUT2D eigenvalue weighted by Gasteiger charge is -2.37. The Hall–Kier alpha value is -0.520. The van der Waals surface area contributed by atoms with Crippen LogP contribution in [0, 0.1) is 18.3 Å². The van der Waals surface area contributed by atoms with Gasteiger partial charge in [0.05, 0.1) is 0 Å². The number of hydrogen-bond donors (Lipinski definition) is 1. The molecule has 2 heteroatoms. The first-order valence-corrected chi connectivity index (χ1v) is 6.17. The van der Waals surface area contributed by atoms with Gasteiger partial charge in [0.2, 0.25) is 0 Å². The molecule has 0 radical (unpaired) electrons. The minimum Gasteiger partial charge on any atom is -0.314 e. The molecule has 1 saturated heterocycles. The molecule has 1 heterocycles. The molecule has 2 unspecified atom stereocenters. The summed E-state index contributed by atoms with van der Waals surface area (Å²) in [5.74, 6) is 3.47. The van der Waals surface area contributed by atoms with Gasteiger partial charge in [0, 0.05) is 25.6 Å². The van der Waals surface area contributed by atoms with Crippen molar-refractivity contribution in [1.29, 1.82) is 0 Å². The molecule has 0 aromatic carbocycles. The highest BCUT2D eigenvalue weighted by Crippen LogP contribution is 2.16. The second kappa shape index (κ2) is 6.87. The molecule has 0 spiro atoms. The van der Waals surface area contributed by atoms with Crippen molar-refractivity contribution in [3.05, 3.63) is 0 Å². The molecule has 1 aliphatic heterocycles. The van der Waals surface area contributed by atoms with Gasteiger partial charge in [0.15, 0.2) is 0 Å². The molecule has 15 heavy (non-hydrogen) atoms. The normalized spacial score (nSPS) is 27.5. The number of nitrogens with one attached hydrogen (secondary N) is 1. The molecule has 1 rings (SSSR count). The molecule has 1 aliphatic rings. The summed E-state index contributed by atoms with van der Waals surface area (Å²) in [6.07, 6.45) is 8.67. The molecule has 0 aromatic heterocycles. The lowest BCUT2D eigenvalue weighted by Crippen LogP contribution is -2.48. The summed E-state index contributed by atoms with van der Waals surface area (Å²) in [4.78, 5) is 2.49. The Morgan fingerprint density at radius 3 is 2.93 bits per heavy atom. The number of terminal acetylenes is 1.